The maximum atomic E-state index is 2.32. The van der Waals surface area contributed by atoms with Crippen molar-refractivity contribution in [1.82, 2.24) is 0 Å². The molecular weight excluding hydrogens is 252 g/mol. The molecule has 104 valence electrons. The van der Waals surface area contributed by atoms with E-state index in [1.165, 1.54) is 28.7 Å². The van der Waals surface area contributed by atoms with Crippen molar-refractivity contribution < 1.29 is 0 Å². The minimum absolute atomic E-state index is 0.976. The summed E-state index contributed by atoms with van der Waals surface area (Å²) in [6, 6.07) is 19.4. The van der Waals surface area contributed by atoms with Crippen molar-refractivity contribution in [2.45, 2.75) is 19.3 Å². The molecule has 0 atom stereocenters. The van der Waals surface area contributed by atoms with Gasteiger partial charge in [-0.15, -0.1) is 0 Å². The van der Waals surface area contributed by atoms with Crippen LogP contribution in [0.2, 0.25) is 0 Å². The first kappa shape index (κ1) is 13.6. The predicted molar refractivity (Wildman–Crippen MR) is 92.0 cm³/mol. The summed E-state index contributed by atoms with van der Waals surface area (Å²) in [4.78, 5) is 0. The molecule has 0 saturated carbocycles. The lowest BCUT2D eigenvalue weighted by molar-refractivity contribution is 1.04. The summed E-state index contributed by atoms with van der Waals surface area (Å²) in [5.41, 5.74) is 5.28. The smallest absolute Gasteiger partial charge is 0.00941 e. The summed E-state index contributed by atoms with van der Waals surface area (Å²) in [5, 5.41) is 0. The first-order chi connectivity index (χ1) is 10.4. The Bertz CT molecular complexity index is 655. The van der Waals surface area contributed by atoms with Crippen molar-refractivity contribution in [3.05, 3.63) is 95.6 Å². The fourth-order valence-corrected chi connectivity index (χ4v) is 2.56. The van der Waals surface area contributed by atoms with Crippen LogP contribution >= 0.6 is 0 Å². The van der Waals surface area contributed by atoms with Crippen molar-refractivity contribution in [3.63, 3.8) is 0 Å². The highest BCUT2D eigenvalue weighted by molar-refractivity contribution is 5.74. The zero-order valence-electron chi connectivity index (χ0n) is 12.2. The summed E-state index contributed by atoms with van der Waals surface area (Å²) >= 11 is 0. The van der Waals surface area contributed by atoms with E-state index in [1.54, 1.807) is 0 Å². The molecule has 0 spiro atoms. The summed E-state index contributed by atoms with van der Waals surface area (Å²) in [6.45, 7) is 0. The molecule has 0 radical (unpaired) electrons. The fourth-order valence-electron chi connectivity index (χ4n) is 2.56. The van der Waals surface area contributed by atoms with Crippen LogP contribution in [0.15, 0.2) is 78.9 Å². The first-order valence-electron chi connectivity index (χ1n) is 7.59. The quantitative estimate of drug-likeness (QED) is 0.672. The van der Waals surface area contributed by atoms with E-state index in [1.807, 2.05) is 6.07 Å². The van der Waals surface area contributed by atoms with Gasteiger partial charge >= 0.3 is 0 Å². The van der Waals surface area contributed by atoms with Crippen LogP contribution < -0.4 is 0 Å². The summed E-state index contributed by atoms with van der Waals surface area (Å²) in [6.07, 6.45) is 14.5. The number of rotatable bonds is 4. The SMILES string of the molecule is C1=CC(c2ccc(C/C=C/c3ccccc3)cc2)=CCC1. The Kier molecular flexibility index (Phi) is 4.48. The zero-order valence-corrected chi connectivity index (χ0v) is 12.2. The molecule has 0 aromatic heterocycles. The van der Waals surface area contributed by atoms with Crippen LogP contribution in [0.25, 0.3) is 11.6 Å². The number of hydrogen-bond donors (Lipinski definition) is 0. The molecule has 2 aromatic carbocycles. The van der Waals surface area contributed by atoms with E-state index >= 15 is 0 Å². The third-order valence-electron chi connectivity index (χ3n) is 3.75. The van der Waals surface area contributed by atoms with E-state index in [0.29, 0.717) is 0 Å². The highest BCUT2D eigenvalue weighted by Gasteiger charge is 2.00. The van der Waals surface area contributed by atoms with Gasteiger partial charge in [-0.3, -0.25) is 0 Å². The van der Waals surface area contributed by atoms with Gasteiger partial charge in [0.15, 0.2) is 0 Å². The van der Waals surface area contributed by atoms with E-state index in [2.05, 4.69) is 78.9 Å². The molecular formula is C21H20. The Morgan fingerprint density at radius 1 is 0.857 bits per heavy atom. The Morgan fingerprint density at radius 3 is 2.38 bits per heavy atom. The standard InChI is InChI=1S/C21H20/c1-3-8-18(9-4-1)10-7-11-19-14-16-21(17-15-19)20-12-5-2-6-13-20/h1,3-5,7-10,12-17H,2,6,11H2/b10-7+. The van der Waals surface area contributed by atoms with Crippen molar-refractivity contribution >= 4 is 11.6 Å². The molecule has 0 nitrogen and oxygen atoms in total. The largest absolute Gasteiger partial charge is 0.0836 e. The van der Waals surface area contributed by atoms with Gasteiger partial charge in [-0.05, 0) is 41.5 Å². The topological polar surface area (TPSA) is 0 Å². The van der Waals surface area contributed by atoms with Gasteiger partial charge in [0, 0.05) is 0 Å². The molecule has 1 aliphatic rings. The third-order valence-corrected chi connectivity index (χ3v) is 3.75. The third kappa shape index (κ3) is 3.82. The normalized spacial score (nSPS) is 14.4. The molecule has 0 aliphatic heterocycles. The van der Waals surface area contributed by atoms with Gasteiger partial charge in [0.05, 0.1) is 0 Å². The molecule has 0 bridgehead atoms. The van der Waals surface area contributed by atoms with E-state index in [-0.39, 0.29) is 0 Å². The average Bonchev–Trinajstić information content (AvgIpc) is 2.57. The van der Waals surface area contributed by atoms with Crippen molar-refractivity contribution in [2.24, 2.45) is 0 Å². The summed E-state index contributed by atoms with van der Waals surface area (Å²) in [5.74, 6) is 0. The highest BCUT2D eigenvalue weighted by atomic mass is 14.1. The molecule has 0 saturated heterocycles. The first-order valence-corrected chi connectivity index (χ1v) is 7.59. The van der Waals surface area contributed by atoms with Crippen molar-refractivity contribution in [1.29, 1.82) is 0 Å². The van der Waals surface area contributed by atoms with E-state index in [4.69, 9.17) is 0 Å². The second-order valence-corrected chi connectivity index (χ2v) is 5.35. The fraction of sp³-hybridized carbons (Fsp3) is 0.143. The number of allylic oxidation sites excluding steroid dienone is 5. The molecule has 0 heteroatoms. The summed E-state index contributed by atoms with van der Waals surface area (Å²) < 4.78 is 0. The summed E-state index contributed by atoms with van der Waals surface area (Å²) in [7, 11) is 0. The maximum Gasteiger partial charge on any atom is -0.00941 e. The lowest BCUT2D eigenvalue weighted by Crippen LogP contribution is -1.87. The van der Waals surface area contributed by atoms with Crippen LogP contribution in [0.1, 0.15) is 29.5 Å². The van der Waals surface area contributed by atoms with Gasteiger partial charge in [-0.25, -0.2) is 0 Å². The molecule has 21 heavy (non-hydrogen) atoms. The average molecular weight is 272 g/mol. The Labute approximate surface area is 127 Å². The molecule has 0 heterocycles. The minimum atomic E-state index is 0.976. The lowest BCUT2D eigenvalue weighted by Gasteiger charge is -2.07. The van der Waals surface area contributed by atoms with Gasteiger partial charge in [0.25, 0.3) is 0 Å². The predicted octanol–water partition coefficient (Wildman–Crippen LogP) is 5.68. The van der Waals surface area contributed by atoms with Gasteiger partial charge in [-0.1, -0.05) is 85.0 Å². The maximum absolute atomic E-state index is 2.32. The van der Waals surface area contributed by atoms with Gasteiger partial charge in [0.1, 0.15) is 0 Å². The van der Waals surface area contributed by atoms with Gasteiger partial charge in [-0.2, -0.15) is 0 Å². The van der Waals surface area contributed by atoms with Crippen molar-refractivity contribution in [3.8, 4) is 0 Å². The minimum Gasteiger partial charge on any atom is -0.0836 e. The van der Waals surface area contributed by atoms with E-state index in [9.17, 15) is 0 Å². The number of hydrogen-bond acceptors (Lipinski definition) is 0. The highest BCUT2D eigenvalue weighted by Crippen LogP contribution is 2.21. The Balaban J connectivity index is 1.63. The van der Waals surface area contributed by atoms with Gasteiger partial charge < -0.3 is 0 Å². The van der Waals surface area contributed by atoms with Crippen LogP contribution in [-0.2, 0) is 6.42 Å². The lowest BCUT2D eigenvalue weighted by atomic mass is 9.98. The molecule has 0 N–H and O–H groups in total. The van der Waals surface area contributed by atoms with Gasteiger partial charge in [0.2, 0.25) is 0 Å². The molecule has 0 unspecified atom stereocenters. The number of benzene rings is 2. The second kappa shape index (κ2) is 6.90. The Morgan fingerprint density at radius 2 is 1.67 bits per heavy atom. The zero-order chi connectivity index (χ0) is 14.3. The monoisotopic (exact) mass is 272 g/mol. The Hall–Kier alpha value is -2.34. The second-order valence-electron chi connectivity index (χ2n) is 5.35. The molecule has 2 aromatic rings. The van der Waals surface area contributed by atoms with Crippen LogP contribution in [0.4, 0.5) is 0 Å². The van der Waals surface area contributed by atoms with E-state index in [0.717, 1.165) is 12.8 Å². The van der Waals surface area contributed by atoms with Crippen LogP contribution in [0.5, 0.6) is 0 Å². The van der Waals surface area contributed by atoms with Crippen LogP contribution in [-0.4, -0.2) is 0 Å². The van der Waals surface area contributed by atoms with E-state index < -0.39 is 0 Å². The van der Waals surface area contributed by atoms with Crippen molar-refractivity contribution in [2.75, 3.05) is 0 Å². The van der Waals surface area contributed by atoms with Crippen LogP contribution in [0.3, 0.4) is 0 Å². The molecule has 1 aliphatic carbocycles. The van der Waals surface area contributed by atoms with Crippen LogP contribution in [0, 0.1) is 0 Å². The molecule has 0 fully saturated rings. The molecule has 0 amide bonds. The molecule has 3 rings (SSSR count).